The molecule has 18 heavy (non-hydrogen) atoms. The number of aryl methyl sites for hydroxylation is 1. The van der Waals surface area contributed by atoms with E-state index >= 15 is 0 Å². The van der Waals surface area contributed by atoms with E-state index in [1.165, 1.54) is 0 Å². The number of nitrogens with zero attached hydrogens (tertiary/aromatic N) is 3. The van der Waals surface area contributed by atoms with Crippen molar-refractivity contribution in [1.82, 2.24) is 14.9 Å². The Morgan fingerprint density at radius 2 is 2.00 bits per heavy atom. The van der Waals surface area contributed by atoms with Crippen molar-refractivity contribution in [3.05, 3.63) is 11.8 Å². The van der Waals surface area contributed by atoms with Gasteiger partial charge in [-0.25, -0.2) is 4.98 Å². The Balaban J connectivity index is 2.63. The van der Waals surface area contributed by atoms with E-state index in [2.05, 4.69) is 20.6 Å². The first-order chi connectivity index (χ1) is 8.60. The molecule has 1 heterocycles. The smallest absolute Gasteiger partial charge is 0.241 e. The fourth-order valence-electron chi connectivity index (χ4n) is 1.63. The van der Waals surface area contributed by atoms with Crippen molar-refractivity contribution in [2.24, 2.45) is 0 Å². The van der Waals surface area contributed by atoms with E-state index in [-0.39, 0.29) is 12.5 Å². The molecule has 100 valence electrons. The van der Waals surface area contributed by atoms with Gasteiger partial charge < -0.3 is 15.5 Å². The predicted molar refractivity (Wildman–Crippen MR) is 72.7 cm³/mol. The predicted octanol–water partition coefficient (Wildman–Crippen LogP) is 1.11. The normalized spacial score (nSPS) is 10.0. The first-order valence-electron chi connectivity index (χ1n) is 6.15. The van der Waals surface area contributed by atoms with Gasteiger partial charge in [0.05, 0.1) is 6.54 Å². The third-order valence-corrected chi connectivity index (χ3v) is 2.61. The third-order valence-electron chi connectivity index (χ3n) is 2.61. The molecule has 0 unspecified atom stereocenters. The molecule has 6 heteroatoms. The van der Waals surface area contributed by atoms with Crippen molar-refractivity contribution in [3.8, 4) is 0 Å². The van der Waals surface area contributed by atoms with Crippen LogP contribution < -0.4 is 10.6 Å². The van der Waals surface area contributed by atoms with Crippen LogP contribution >= 0.6 is 0 Å². The minimum absolute atomic E-state index is 0.0715. The van der Waals surface area contributed by atoms with Crippen molar-refractivity contribution in [2.75, 3.05) is 37.3 Å². The number of hydrogen-bond donors (Lipinski definition) is 2. The van der Waals surface area contributed by atoms with Crippen molar-refractivity contribution >= 4 is 17.7 Å². The number of likely N-dealkylation sites (N-methyl/N-ethyl adjacent to an activating group) is 1. The van der Waals surface area contributed by atoms with Gasteiger partial charge in [0.25, 0.3) is 0 Å². The maximum absolute atomic E-state index is 11.8. The van der Waals surface area contributed by atoms with E-state index in [1.54, 1.807) is 11.9 Å². The molecule has 1 aromatic rings. The number of carbonyl (C=O) groups is 1. The second kappa shape index (κ2) is 6.78. The minimum atomic E-state index is 0.0715. The topological polar surface area (TPSA) is 70.2 Å². The Kier molecular flexibility index (Phi) is 5.35. The number of anilines is 2. The first-order valence-corrected chi connectivity index (χ1v) is 6.15. The molecule has 0 aromatic carbocycles. The molecule has 0 aliphatic carbocycles. The van der Waals surface area contributed by atoms with Gasteiger partial charge in [-0.15, -0.1) is 0 Å². The molecule has 0 fully saturated rings. The molecule has 2 N–H and O–H groups in total. The van der Waals surface area contributed by atoms with Gasteiger partial charge in [0.15, 0.2) is 0 Å². The Morgan fingerprint density at radius 3 is 2.56 bits per heavy atom. The Labute approximate surface area is 108 Å². The summed E-state index contributed by atoms with van der Waals surface area (Å²) in [7, 11) is 1.76. The summed E-state index contributed by atoms with van der Waals surface area (Å²) < 4.78 is 0. The lowest BCUT2D eigenvalue weighted by Crippen LogP contribution is -2.35. The highest BCUT2D eigenvalue weighted by atomic mass is 16.2. The van der Waals surface area contributed by atoms with Crippen LogP contribution in [0.5, 0.6) is 0 Å². The second-order valence-electron chi connectivity index (χ2n) is 3.89. The van der Waals surface area contributed by atoms with Gasteiger partial charge in [0, 0.05) is 31.9 Å². The molecular weight excluding hydrogens is 230 g/mol. The largest absolute Gasteiger partial charge is 0.361 e. The zero-order chi connectivity index (χ0) is 13.5. The molecule has 1 amide bonds. The summed E-state index contributed by atoms with van der Waals surface area (Å²) in [6.07, 6.45) is 0. The minimum Gasteiger partial charge on any atom is -0.361 e. The van der Waals surface area contributed by atoms with Crippen molar-refractivity contribution in [2.45, 2.75) is 20.8 Å². The van der Waals surface area contributed by atoms with Crippen LogP contribution in [0.3, 0.4) is 0 Å². The first kappa shape index (κ1) is 14.2. The van der Waals surface area contributed by atoms with E-state index in [1.807, 2.05) is 26.8 Å². The molecule has 0 saturated carbocycles. The lowest BCUT2D eigenvalue weighted by molar-refractivity contribution is -0.128. The molecule has 0 bridgehead atoms. The van der Waals surface area contributed by atoms with Crippen LogP contribution in [-0.2, 0) is 4.79 Å². The number of hydrogen-bond acceptors (Lipinski definition) is 5. The monoisotopic (exact) mass is 251 g/mol. The highest BCUT2D eigenvalue weighted by molar-refractivity contribution is 5.80. The second-order valence-corrected chi connectivity index (χ2v) is 3.89. The van der Waals surface area contributed by atoms with Gasteiger partial charge in [0.2, 0.25) is 11.9 Å². The highest BCUT2D eigenvalue weighted by Crippen LogP contribution is 2.08. The Bertz CT molecular complexity index is 403. The zero-order valence-corrected chi connectivity index (χ0v) is 11.4. The SMILES string of the molecule is CCN(CC)C(=O)CNc1cc(C)nc(NC)n1. The van der Waals surface area contributed by atoms with E-state index in [9.17, 15) is 4.79 Å². The third kappa shape index (κ3) is 3.87. The van der Waals surface area contributed by atoms with E-state index in [4.69, 9.17) is 0 Å². The number of amides is 1. The van der Waals surface area contributed by atoms with E-state index in [0.717, 1.165) is 18.8 Å². The molecule has 0 saturated heterocycles. The molecule has 0 radical (unpaired) electrons. The molecule has 0 aliphatic heterocycles. The van der Waals surface area contributed by atoms with Crippen LogP contribution in [0.25, 0.3) is 0 Å². The fraction of sp³-hybridized carbons (Fsp3) is 0.583. The van der Waals surface area contributed by atoms with Crippen molar-refractivity contribution < 1.29 is 4.79 Å². The number of nitrogens with one attached hydrogen (secondary N) is 2. The van der Waals surface area contributed by atoms with Gasteiger partial charge >= 0.3 is 0 Å². The quantitative estimate of drug-likeness (QED) is 0.792. The van der Waals surface area contributed by atoms with Gasteiger partial charge in [-0.05, 0) is 20.8 Å². The summed E-state index contributed by atoms with van der Waals surface area (Å²) in [5.74, 6) is 1.28. The molecule has 6 nitrogen and oxygen atoms in total. The molecule has 0 spiro atoms. The number of rotatable bonds is 6. The molecule has 1 rings (SSSR count). The fourth-order valence-corrected chi connectivity index (χ4v) is 1.63. The summed E-state index contributed by atoms with van der Waals surface area (Å²) in [6.45, 7) is 7.52. The summed E-state index contributed by atoms with van der Waals surface area (Å²) in [6, 6.07) is 1.82. The Hall–Kier alpha value is -1.85. The molecule has 0 aliphatic rings. The van der Waals surface area contributed by atoms with Gasteiger partial charge in [0.1, 0.15) is 5.82 Å². The van der Waals surface area contributed by atoms with Crippen LogP contribution in [0.1, 0.15) is 19.5 Å². The molecule has 0 atom stereocenters. The van der Waals surface area contributed by atoms with Crippen LogP contribution in [-0.4, -0.2) is 47.5 Å². The van der Waals surface area contributed by atoms with Gasteiger partial charge in [-0.1, -0.05) is 0 Å². The van der Waals surface area contributed by atoms with Crippen LogP contribution in [0.4, 0.5) is 11.8 Å². The standard InChI is InChI=1S/C12H21N5O/c1-5-17(6-2)11(18)8-14-10-7-9(3)15-12(13-4)16-10/h7H,5-6,8H2,1-4H3,(H2,13,14,15,16). The molecular formula is C12H21N5O. The average molecular weight is 251 g/mol. The zero-order valence-electron chi connectivity index (χ0n) is 11.4. The van der Waals surface area contributed by atoms with Crippen LogP contribution in [0.2, 0.25) is 0 Å². The summed E-state index contributed by atoms with van der Waals surface area (Å²) in [5, 5.41) is 5.91. The average Bonchev–Trinajstić information content (AvgIpc) is 2.37. The van der Waals surface area contributed by atoms with Gasteiger partial charge in [-0.2, -0.15) is 4.98 Å². The van der Waals surface area contributed by atoms with E-state index < -0.39 is 0 Å². The molecule has 1 aromatic heterocycles. The lowest BCUT2D eigenvalue weighted by atomic mass is 10.4. The van der Waals surface area contributed by atoms with Crippen LogP contribution in [0, 0.1) is 6.92 Å². The highest BCUT2D eigenvalue weighted by Gasteiger charge is 2.09. The number of aromatic nitrogens is 2. The lowest BCUT2D eigenvalue weighted by Gasteiger charge is -2.19. The van der Waals surface area contributed by atoms with Crippen LogP contribution in [0.15, 0.2) is 6.07 Å². The van der Waals surface area contributed by atoms with E-state index in [0.29, 0.717) is 11.8 Å². The summed E-state index contributed by atoms with van der Waals surface area (Å²) in [4.78, 5) is 22.0. The summed E-state index contributed by atoms with van der Waals surface area (Å²) in [5.41, 5.74) is 0.854. The van der Waals surface area contributed by atoms with Crippen molar-refractivity contribution in [1.29, 1.82) is 0 Å². The maximum atomic E-state index is 11.8. The van der Waals surface area contributed by atoms with Crippen molar-refractivity contribution in [3.63, 3.8) is 0 Å². The van der Waals surface area contributed by atoms with Gasteiger partial charge in [-0.3, -0.25) is 4.79 Å². The Morgan fingerprint density at radius 1 is 1.33 bits per heavy atom. The maximum Gasteiger partial charge on any atom is 0.241 e. The number of carbonyl (C=O) groups excluding carboxylic acids is 1. The summed E-state index contributed by atoms with van der Waals surface area (Å²) >= 11 is 0.